The lowest BCUT2D eigenvalue weighted by Crippen LogP contribution is -2.43. The molecule has 5 heteroatoms. The molecular weight excluding hydrogens is 308 g/mol. The second kappa shape index (κ2) is 5.65. The Morgan fingerprint density at radius 2 is 1.58 bits per heavy atom. The summed E-state index contributed by atoms with van der Waals surface area (Å²) in [5, 5.41) is 0. The van der Waals surface area contributed by atoms with Crippen LogP contribution in [0.2, 0.25) is 0 Å². The minimum atomic E-state index is -0.0612. The van der Waals surface area contributed by atoms with Crippen molar-refractivity contribution in [1.29, 1.82) is 0 Å². The Kier molecular flexibility index (Phi) is 3.77. The molecule has 3 saturated heterocycles. The minimum Gasteiger partial charge on any atom is -0.373 e. The van der Waals surface area contributed by atoms with E-state index in [1.54, 1.807) is 0 Å². The van der Waals surface area contributed by atoms with Gasteiger partial charge in [-0.3, -0.25) is 0 Å². The van der Waals surface area contributed by atoms with Crippen molar-refractivity contribution in [3.63, 3.8) is 0 Å². The fourth-order valence-corrected chi connectivity index (χ4v) is 4.93. The molecule has 5 aliphatic rings. The van der Waals surface area contributed by atoms with Crippen molar-refractivity contribution >= 4 is 0 Å². The van der Waals surface area contributed by atoms with Gasteiger partial charge in [0.1, 0.15) is 6.10 Å². The van der Waals surface area contributed by atoms with Crippen molar-refractivity contribution < 1.29 is 23.7 Å². The summed E-state index contributed by atoms with van der Waals surface area (Å²) in [6.45, 7) is 6.59. The van der Waals surface area contributed by atoms with Crippen LogP contribution in [0.3, 0.4) is 0 Å². The van der Waals surface area contributed by atoms with Gasteiger partial charge < -0.3 is 23.7 Å². The Balaban J connectivity index is 1.03. The molecular formula is C19H30O5. The third-order valence-electron chi connectivity index (χ3n) is 7.04. The van der Waals surface area contributed by atoms with Crippen molar-refractivity contribution in [1.82, 2.24) is 0 Å². The average Bonchev–Trinajstić information content (AvgIpc) is 3.45. The van der Waals surface area contributed by atoms with Crippen LogP contribution >= 0.6 is 0 Å². The summed E-state index contributed by atoms with van der Waals surface area (Å²) in [6.07, 6.45) is 7.82. The highest BCUT2D eigenvalue weighted by molar-refractivity contribution is 5.04. The summed E-state index contributed by atoms with van der Waals surface area (Å²) in [6, 6.07) is 0. The SMILES string of the molecule is CC12CCC(COC3COC(C4CCC5(C)OC5C4)OC3)CC1O2. The molecule has 24 heavy (non-hydrogen) atoms. The number of hydrogen-bond acceptors (Lipinski definition) is 5. The maximum Gasteiger partial charge on any atom is 0.160 e. The first-order valence-corrected chi connectivity index (χ1v) is 9.74. The van der Waals surface area contributed by atoms with E-state index in [1.165, 1.54) is 12.8 Å². The van der Waals surface area contributed by atoms with Crippen molar-refractivity contribution in [2.24, 2.45) is 11.8 Å². The molecule has 5 nitrogen and oxygen atoms in total. The molecule has 0 aromatic carbocycles. The number of rotatable bonds is 4. The summed E-state index contributed by atoms with van der Waals surface area (Å²) in [5.74, 6) is 1.11. The molecule has 0 aromatic rings. The van der Waals surface area contributed by atoms with Crippen LogP contribution in [0, 0.1) is 11.8 Å². The predicted molar refractivity (Wildman–Crippen MR) is 86.7 cm³/mol. The summed E-state index contributed by atoms with van der Waals surface area (Å²) in [5.41, 5.74) is 0.361. The molecule has 0 N–H and O–H groups in total. The van der Waals surface area contributed by atoms with Gasteiger partial charge in [0, 0.05) is 5.92 Å². The summed E-state index contributed by atoms with van der Waals surface area (Å²) in [7, 11) is 0. The Morgan fingerprint density at radius 3 is 2.25 bits per heavy atom. The maximum absolute atomic E-state index is 6.07. The molecule has 5 fully saturated rings. The van der Waals surface area contributed by atoms with Crippen molar-refractivity contribution in [3.05, 3.63) is 0 Å². The van der Waals surface area contributed by atoms with Gasteiger partial charge in [-0.15, -0.1) is 0 Å². The molecule has 0 aromatic heterocycles. The summed E-state index contributed by atoms with van der Waals surface area (Å²) in [4.78, 5) is 0. The van der Waals surface area contributed by atoms with E-state index >= 15 is 0 Å². The van der Waals surface area contributed by atoms with Gasteiger partial charge >= 0.3 is 0 Å². The van der Waals surface area contributed by atoms with Gasteiger partial charge in [0.25, 0.3) is 0 Å². The highest BCUT2D eigenvalue weighted by Gasteiger charge is 2.57. The van der Waals surface area contributed by atoms with E-state index in [0.29, 0.717) is 37.3 Å². The first-order valence-electron chi connectivity index (χ1n) is 9.74. The lowest BCUT2D eigenvalue weighted by Gasteiger charge is -2.36. The van der Waals surface area contributed by atoms with Crippen LogP contribution in [0.25, 0.3) is 0 Å². The first-order chi connectivity index (χ1) is 11.5. The fraction of sp³-hybridized carbons (Fsp3) is 1.00. The highest BCUT2D eigenvalue weighted by atomic mass is 16.7. The van der Waals surface area contributed by atoms with Crippen molar-refractivity contribution in [3.8, 4) is 0 Å². The zero-order valence-electron chi connectivity index (χ0n) is 14.9. The molecule has 2 saturated carbocycles. The molecule has 5 rings (SSSR count). The summed E-state index contributed by atoms with van der Waals surface area (Å²) >= 11 is 0. The third kappa shape index (κ3) is 2.92. The molecule has 3 aliphatic heterocycles. The molecule has 6 atom stereocenters. The smallest absolute Gasteiger partial charge is 0.160 e. The molecule has 136 valence electrons. The largest absolute Gasteiger partial charge is 0.373 e. The van der Waals surface area contributed by atoms with Gasteiger partial charge in [0.2, 0.25) is 0 Å². The van der Waals surface area contributed by atoms with Crippen LogP contribution < -0.4 is 0 Å². The number of epoxide rings is 2. The molecule has 0 bridgehead atoms. The van der Waals surface area contributed by atoms with E-state index in [4.69, 9.17) is 23.7 Å². The third-order valence-corrected chi connectivity index (χ3v) is 7.04. The Hall–Kier alpha value is -0.200. The average molecular weight is 338 g/mol. The van der Waals surface area contributed by atoms with Crippen LogP contribution in [-0.4, -0.2) is 55.6 Å². The molecule has 0 spiro atoms. The quantitative estimate of drug-likeness (QED) is 0.738. The molecule has 3 heterocycles. The number of ether oxygens (including phenoxy) is 5. The fourth-order valence-electron chi connectivity index (χ4n) is 4.93. The maximum atomic E-state index is 6.07. The van der Waals surface area contributed by atoms with Crippen LogP contribution in [0.4, 0.5) is 0 Å². The van der Waals surface area contributed by atoms with Crippen LogP contribution in [-0.2, 0) is 23.7 Å². The van der Waals surface area contributed by atoms with E-state index in [1.807, 2.05) is 0 Å². The zero-order valence-corrected chi connectivity index (χ0v) is 14.9. The Labute approximate surface area is 144 Å². The van der Waals surface area contributed by atoms with Gasteiger partial charge in [-0.2, -0.15) is 0 Å². The Bertz CT molecular complexity index is 490. The molecule has 2 aliphatic carbocycles. The van der Waals surface area contributed by atoms with E-state index < -0.39 is 0 Å². The van der Waals surface area contributed by atoms with E-state index in [0.717, 1.165) is 32.3 Å². The minimum absolute atomic E-state index is 0.0612. The second-order valence-electron chi connectivity index (χ2n) is 9.00. The second-order valence-corrected chi connectivity index (χ2v) is 9.00. The van der Waals surface area contributed by atoms with Crippen molar-refractivity contribution in [2.75, 3.05) is 19.8 Å². The topological polar surface area (TPSA) is 52.8 Å². The lowest BCUT2D eigenvalue weighted by molar-refractivity contribution is -0.250. The van der Waals surface area contributed by atoms with Crippen LogP contribution in [0.5, 0.6) is 0 Å². The van der Waals surface area contributed by atoms with Crippen LogP contribution in [0.1, 0.15) is 52.4 Å². The Morgan fingerprint density at radius 1 is 0.917 bits per heavy atom. The van der Waals surface area contributed by atoms with E-state index in [9.17, 15) is 0 Å². The molecule has 0 amide bonds. The van der Waals surface area contributed by atoms with Crippen molar-refractivity contribution in [2.45, 2.75) is 88.2 Å². The predicted octanol–water partition coefficient (Wildman–Crippen LogP) is 2.66. The van der Waals surface area contributed by atoms with Gasteiger partial charge in [0.15, 0.2) is 6.29 Å². The van der Waals surface area contributed by atoms with Crippen LogP contribution in [0.15, 0.2) is 0 Å². The standard InChI is InChI=1S/C19H30O5/c1-18-5-3-12(7-15(18)23-18)9-20-14-10-21-17(22-11-14)13-4-6-19(2)16(8-13)24-19/h12-17H,3-11H2,1-2H3. The summed E-state index contributed by atoms with van der Waals surface area (Å²) < 4.78 is 29.6. The highest BCUT2D eigenvalue weighted by Crippen LogP contribution is 2.51. The van der Waals surface area contributed by atoms with E-state index in [2.05, 4.69) is 13.8 Å². The monoisotopic (exact) mass is 338 g/mol. The van der Waals surface area contributed by atoms with Gasteiger partial charge in [-0.05, 0) is 58.3 Å². The van der Waals surface area contributed by atoms with Gasteiger partial charge in [-0.1, -0.05) is 0 Å². The lowest BCUT2D eigenvalue weighted by atomic mass is 9.82. The molecule has 0 radical (unpaired) electrons. The van der Waals surface area contributed by atoms with Gasteiger partial charge in [-0.25, -0.2) is 0 Å². The first kappa shape index (κ1) is 16.0. The number of fused-ring (bicyclic) bond motifs is 2. The zero-order chi connectivity index (χ0) is 16.4. The van der Waals surface area contributed by atoms with E-state index in [-0.39, 0.29) is 23.6 Å². The van der Waals surface area contributed by atoms with Gasteiger partial charge in [0.05, 0.1) is 43.2 Å². The normalized spacial score (nSPS) is 56.2. The molecule has 6 unspecified atom stereocenters. The number of hydrogen-bond donors (Lipinski definition) is 0.